The van der Waals surface area contributed by atoms with E-state index in [4.69, 9.17) is 18.9 Å². The first-order valence-electron chi connectivity index (χ1n) is 16.6. The number of aromatic nitrogens is 2. The van der Waals surface area contributed by atoms with Crippen molar-refractivity contribution in [1.29, 1.82) is 0 Å². The summed E-state index contributed by atoms with van der Waals surface area (Å²) >= 11 is 0. The molecule has 262 valence electrons. The molecule has 50 heavy (non-hydrogen) atoms. The molecule has 1 fully saturated rings. The number of rotatable bonds is 13. The van der Waals surface area contributed by atoms with Gasteiger partial charge in [0.1, 0.15) is 35.0 Å². The Morgan fingerprint density at radius 2 is 1.58 bits per heavy atom. The number of hydrogen-bond donors (Lipinski definition) is 3. The van der Waals surface area contributed by atoms with Gasteiger partial charge in [-0.3, -0.25) is 19.1 Å². The quantitative estimate of drug-likeness (QED) is 0.142. The van der Waals surface area contributed by atoms with Gasteiger partial charge in [-0.2, -0.15) is 0 Å². The standard InChI is InChI=1S/C39H43N3O8/c1-26(2)12-21-35(44)40-22-8-9-27-24-42(38(46)41-37(27)45)36-23-33(43)34(50-36)25-49-39(28-10-6-5-7-11-28,29-13-17-31(47-3)18-14-29)30-15-19-32(48-4)20-16-30/h5-7,10-11,13-20,24,26,33-34,36,43H,12,21-23,25H2,1-4H3,(H,40,44)(H,41,45,46)/t33-,34-,36-/m1/s1. The molecule has 0 saturated carbocycles. The average molecular weight is 682 g/mol. The molecule has 11 heteroatoms. The zero-order valence-electron chi connectivity index (χ0n) is 28.7. The van der Waals surface area contributed by atoms with E-state index in [1.807, 2.05) is 92.7 Å². The fourth-order valence-corrected chi connectivity index (χ4v) is 5.90. The number of aromatic amines is 1. The molecule has 0 bridgehead atoms. The Morgan fingerprint density at radius 1 is 0.980 bits per heavy atom. The molecule has 0 unspecified atom stereocenters. The lowest BCUT2D eigenvalue weighted by Gasteiger charge is -2.37. The summed E-state index contributed by atoms with van der Waals surface area (Å²) in [6.07, 6.45) is -0.167. The summed E-state index contributed by atoms with van der Waals surface area (Å²) in [4.78, 5) is 39.8. The van der Waals surface area contributed by atoms with E-state index in [9.17, 15) is 19.5 Å². The minimum absolute atomic E-state index is 0.0286. The predicted octanol–water partition coefficient (Wildman–Crippen LogP) is 4.11. The number of nitrogens with zero attached hydrogens (tertiary/aromatic N) is 1. The molecule has 1 saturated heterocycles. The van der Waals surface area contributed by atoms with Gasteiger partial charge < -0.3 is 29.4 Å². The van der Waals surface area contributed by atoms with Crippen molar-refractivity contribution < 1.29 is 28.8 Å². The third-order valence-corrected chi connectivity index (χ3v) is 8.67. The Morgan fingerprint density at radius 3 is 2.16 bits per heavy atom. The average Bonchev–Trinajstić information content (AvgIpc) is 3.50. The molecule has 0 aliphatic carbocycles. The van der Waals surface area contributed by atoms with Crippen LogP contribution in [0.2, 0.25) is 0 Å². The number of H-pyrrole nitrogens is 1. The first-order valence-corrected chi connectivity index (χ1v) is 16.6. The molecule has 1 amide bonds. The van der Waals surface area contributed by atoms with Gasteiger partial charge in [-0.15, -0.1) is 0 Å². The van der Waals surface area contributed by atoms with Crippen molar-refractivity contribution in [2.75, 3.05) is 27.4 Å². The number of carbonyl (C=O) groups excluding carboxylic acids is 1. The number of benzene rings is 3. The number of nitrogens with one attached hydrogen (secondary N) is 2. The van der Waals surface area contributed by atoms with Crippen molar-refractivity contribution in [3.8, 4) is 23.3 Å². The maximum absolute atomic E-state index is 12.9. The SMILES string of the molecule is COc1ccc(C(OC[C@H]2O[C@@H](n3cc(C#CCNC(=O)CCC(C)C)c(=O)[nH]c3=O)C[C@H]2O)(c2ccccc2)c2ccc(OC)cc2)cc1. The number of hydrogen-bond acceptors (Lipinski definition) is 8. The topological polar surface area (TPSA) is 141 Å². The second-order valence-electron chi connectivity index (χ2n) is 12.5. The number of ether oxygens (including phenoxy) is 4. The van der Waals surface area contributed by atoms with Gasteiger partial charge >= 0.3 is 5.69 Å². The Labute approximate surface area is 291 Å². The molecule has 0 radical (unpaired) electrons. The third kappa shape index (κ3) is 8.34. The van der Waals surface area contributed by atoms with Crippen molar-refractivity contribution in [2.45, 2.75) is 57.1 Å². The van der Waals surface area contributed by atoms with Crippen LogP contribution in [0.4, 0.5) is 0 Å². The molecule has 5 rings (SSSR count). The molecule has 11 nitrogen and oxygen atoms in total. The number of methoxy groups -OCH3 is 2. The monoisotopic (exact) mass is 681 g/mol. The molecule has 2 heterocycles. The van der Waals surface area contributed by atoms with Gasteiger partial charge in [0.25, 0.3) is 5.56 Å². The van der Waals surface area contributed by atoms with Crippen molar-refractivity contribution in [3.05, 3.63) is 128 Å². The fourth-order valence-electron chi connectivity index (χ4n) is 5.90. The summed E-state index contributed by atoms with van der Waals surface area (Å²) in [5.74, 6) is 7.16. The van der Waals surface area contributed by atoms with E-state index in [2.05, 4.69) is 22.1 Å². The number of aliphatic hydroxyl groups excluding tert-OH is 1. The largest absolute Gasteiger partial charge is 0.497 e. The molecule has 3 atom stereocenters. The van der Waals surface area contributed by atoms with Gasteiger partial charge in [0, 0.05) is 19.0 Å². The molecule has 1 aromatic heterocycles. The molecular weight excluding hydrogens is 638 g/mol. The lowest BCUT2D eigenvalue weighted by atomic mass is 9.80. The second kappa shape index (κ2) is 16.5. The normalized spacial score (nSPS) is 17.2. The highest BCUT2D eigenvalue weighted by atomic mass is 16.6. The minimum Gasteiger partial charge on any atom is -0.497 e. The maximum Gasteiger partial charge on any atom is 0.330 e. The highest BCUT2D eigenvalue weighted by Crippen LogP contribution is 2.42. The lowest BCUT2D eigenvalue weighted by Crippen LogP contribution is -2.38. The van der Waals surface area contributed by atoms with E-state index in [0.29, 0.717) is 23.8 Å². The van der Waals surface area contributed by atoms with E-state index in [-0.39, 0.29) is 31.0 Å². The molecule has 1 aliphatic rings. The van der Waals surface area contributed by atoms with Gasteiger partial charge in [0.05, 0.1) is 33.5 Å². The Balaban J connectivity index is 1.40. The van der Waals surface area contributed by atoms with Crippen molar-refractivity contribution in [3.63, 3.8) is 0 Å². The maximum atomic E-state index is 12.9. The van der Waals surface area contributed by atoms with Crippen LogP contribution in [0.1, 0.15) is 61.6 Å². The Hall–Kier alpha value is -5.15. The van der Waals surface area contributed by atoms with Crippen molar-refractivity contribution in [1.82, 2.24) is 14.9 Å². The number of aliphatic hydroxyl groups is 1. The molecule has 3 aromatic carbocycles. The molecule has 1 aliphatic heterocycles. The summed E-state index contributed by atoms with van der Waals surface area (Å²) in [5.41, 5.74) is 0.00977. The van der Waals surface area contributed by atoms with Gasteiger partial charge in [0.15, 0.2) is 0 Å². The zero-order chi connectivity index (χ0) is 35.7. The Kier molecular flexibility index (Phi) is 11.9. The zero-order valence-corrected chi connectivity index (χ0v) is 28.7. The predicted molar refractivity (Wildman–Crippen MR) is 188 cm³/mol. The smallest absolute Gasteiger partial charge is 0.330 e. The molecule has 4 aromatic rings. The van der Waals surface area contributed by atoms with Gasteiger partial charge in [-0.1, -0.05) is 80.3 Å². The van der Waals surface area contributed by atoms with Crippen LogP contribution in [0.3, 0.4) is 0 Å². The van der Waals surface area contributed by atoms with Gasteiger partial charge in [-0.25, -0.2) is 4.79 Å². The van der Waals surface area contributed by atoms with Crippen LogP contribution in [0.15, 0.2) is 94.6 Å². The summed E-state index contributed by atoms with van der Waals surface area (Å²) in [6, 6.07) is 24.9. The van der Waals surface area contributed by atoms with Crippen LogP contribution in [0.5, 0.6) is 11.5 Å². The first-order chi connectivity index (χ1) is 24.1. The molecule has 3 N–H and O–H groups in total. The summed E-state index contributed by atoms with van der Waals surface area (Å²) < 4.78 is 25.2. The van der Waals surface area contributed by atoms with Crippen molar-refractivity contribution in [2.24, 2.45) is 5.92 Å². The fraction of sp³-hybridized carbons (Fsp3) is 0.359. The third-order valence-electron chi connectivity index (χ3n) is 8.67. The van der Waals surface area contributed by atoms with E-state index < -0.39 is 35.3 Å². The van der Waals surface area contributed by atoms with E-state index in [1.54, 1.807) is 14.2 Å². The second-order valence-corrected chi connectivity index (χ2v) is 12.5. The van der Waals surface area contributed by atoms with Crippen LogP contribution in [-0.4, -0.2) is 60.1 Å². The van der Waals surface area contributed by atoms with Crippen molar-refractivity contribution >= 4 is 5.91 Å². The minimum atomic E-state index is -1.14. The Bertz CT molecular complexity index is 1860. The highest BCUT2D eigenvalue weighted by Gasteiger charge is 2.42. The number of amides is 1. The van der Waals surface area contributed by atoms with Crippen LogP contribution < -0.4 is 26.0 Å². The summed E-state index contributed by atoms with van der Waals surface area (Å²) in [7, 11) is 3.21. The van der Waals surface area contributed by atoms with Crippen LogP contribution in [0, 0.1) is 17.8 Å². The van der Waals surface area contributed by atoms with Gasteiger partial charge in [-0.05, 0) is 53.3 Å². The highest BCUT2D eigenvalue weighted by molar-refractivity contribution is 5.76. The summed E-state index contributed by atoms with van der Waals surface area (Å²) in [6.45, 7) is 4.09. The van der Waals surface area contributed by atoms with Crippen LogP contribution in [0.25, 0.3) is 0 Å². The van der Waals surface area contributed by atoms with Gasteiger partial charge in [0.2, 0.25) is 5.91 Å². The molecular formula is C39H43N3O8. The van der Waals surface area contributed by atoms with E-state index >= 15 is 0 Å². The lowest BCUT2D eigenvalue weighted by molar-refractivity contribution is -0.121. The number of carbonyl (C=O) groups is 1. The van der Waals surface area contributed by atoms with Crippen LogP contribution in [-0.2, 0) is 19.9 Å². The van der Waals surface area contributed by atoms with Crippen LogP contribution >= 0.6 is 0 Å². The molecule has 0 spiro atoms. The van der Waals surface area contributed by atoms with E-state index in [1.165, 1.54) is 10.8 Å². The summed E-state index contributed by atoms with van der Waals surface area (Å²) in [5, 5.41) is 13.9. The first kappa shape index (κ1) is 36.1. The van der Waals surface area contributed by atoms with E-state index in [0.717, 1.165) is 23.1 Å².